The molecule has 0 aromatic heterocycles. The highest BCUT2D eigenvalue weighted by Gasteiger charge is 2.14. The van der Waals surface area contributed by atoms with Gasteiger partial charge in [0.25, 0.3) is 0 Å². The van der Waals surface area contributed by atoms with Crippen LogP contribution in [0.25, 0.3) is 0 Å². The first kappa shape index (κ1) is 15.9. The van der Waals surface area contributed by atoms with Crippen molar-refractivity contribution < 1.29 is 9.53 Å². The first-order valence-corrected chi connectivity index (χ1v) is 7.88. The monoisotopic (exact) mass is 281 g/mol. The summed E-state index contributed by atoms with van der Waals surface area (Å²) in [7, 11) is 0. The Kier molecular flexibility index (Phi) is 7.41. The third-order valence-corrected chi connectivity index (χ3v) is 3.92. The van der Waals surface area contributed by atoms with Gasteiger partial charge in [-0.2, -0.15) is 0 Å². The Morgan fingerprint density at radius 1 is 1.37 bits per heavy atom. The van der Waals surface area contributed by atoms with Crippen LogP contribution >= 0.6 is 11.8 Å². The number of unbranched alkanes of at least 4 members (excludes halogenated alkanes) is 1. The fraction of sp³-hybridized carbons (Fsp3) is 0.533. The highest BCUT2D eigenvalue weighted by atomic mass is 32.2. The minimum absolute atomic E-state index is 0.0354. The van der Waals surface area contributed by atoms with Crippen molar-refractivity contribution in [2.75, 3.05) is 17.7 Å². The van der Waals surface area contributed by atoms with Crippen LogP contribution in [0.1, 0.15) is 33.6 Å². The first-order valence-electron chi connectivity index (χ1n) is 6.83. The van der Waals surface area contributed by atoms with Crippen molar-refractivity contribution in [3.8, 4) is 5.75 Å². The highest BCUT2D eigenvalue weighted by molar-refractivity contribution is 8.00. The van der Waals surface area contributed by atoms with Crippen LogP contribution in [0.4, 0.5) is 5.69 Å². The summed E-state index contributed by atoms with van der Waals surface area (Å²) in [5, 5.41) is 2.90. The summed E-state index contributed by atoms with van der Waals surface area (Å²) < 4.78 is 5.49. The lowest BCUT2D eigenvalue weighted by atomic mass is 10.3. The zero-order valence-electron chi connectivity index (χ0n) is 11.9. The van der Waals surface area contributed by atoms with Gasteiger partial charge >= 0.3 is 0 Å². The van der Waals surface area contributed by atoms with Gasteiger partial charge in [-0.3, -0.25) is 4.79 Å². The maximum Gasteiger partial charge on any atom is 0.237 e. The number of para-hydroxylation sites is 2. The number of carbonyl (C=O) groups is 1. The van der Waals surface area contributed by atoms with E-state index in [2.05, 4.69) is 12.2 Å². The van der Waals surface area contributed by atoms with Gasteiger partial charge in [-0.15, -0.1) is 11.8 Å². The van der Waals surface area contributed by atoms with Crippen LogP contribution in [0.5, 0.6) is 5.75 Å². The minimum atomic E-state index is -0.0405. The van der Waals surface area contributed by atoms with E-state index >= 15 is 0 Å². The zero-order chi connectivity index (χ0) is 14.1. The van der Waals surface area contributed by atoms with Gasteiger partial charge in [-0.1, -0.05) is 25.5 Å². The maximum atomic E-state index is 12.1. The molecule has 0 saturated carbocycles. The quantitative estimate of drug-likeness (QED) is 0.733. The van der Waals surface area contributed by atoms with E-state index in [1.165, 1.54) is 0 Å². The molecule has 1 unspecified atom stereocenters. The summed E-state index contributed by atoms with van der Waals surface area (Å²) in [6.07, 6.45) is 2.31. The molecule has 3 nitrogen and oxygen atoms in total. The maximum absolute atomic E-state index is 12.1. The molecule has 106 valence electrons. The summed E-state index contributed by atoms with van der Waals surface area (Å²) >= 11 is 1.69. The van der Waals surface area contributed by atoms with Crippen molar-refractivity contribution in [1.82, 2.24) is 0 Å². The largest absolute Gasteiger partial charge is 0.492 e. The molecule has 0 aliphatic heterocycles. The Labute approximate surface area is 120 Å². The molecule has 1 N–H and O–H groups in total. The highest BCUT2D eigenvalue weighted by Crippen LogP contribution is 2.25. The number of hydrogen-bond acceptors (Lipinski definition) is 3. The van der Waals surface area contributed by atoms with Crippen LogP contribution in [-0.4, -0.2) is 23.5 Å². The molecule has 0 aliphatic rings. The van der Waals surface area contributed by atoms with E-state index < -0.39 is 0 Å². The summed E-state index contributed by atoms with van der Waals surface area (Å²) in [6.45, 7) is 6.62. The predicted molar refractivity (Wildman–Crippen MR) is 83.1 cm³/mol. The number of carbonyl (C=O) groups excluding carboxylic acids is 1. The number of anilines is 1. The molecular formula is C15H23NO2S. The van der Waals surface area contributed by atoms with Crippen molar-refractivity contribution in [2.24, 2.45) is 0 Å². The molecule has 19 heavy (non-hydrogen) atoms. The number of nitrogens with one attached hydrogen (secondary N) is 1. The Bertz CT molecular complexity index is 395. The van der Waals surface area contributed by atoms with Crippen LogP contribution < -0.4 is 10.1 Å². The Hall–Kier alpha value is -1.16. The Balaban J connectivity index is 2.55. The second-order valence-corrected chi connectivity index (χ2v) is 5.73. The average Bonchev–Trinajstić information content (AvgIpc) is 2.41. The zero-order valence-corrected chi connectivity index (χ0v) is 12.8. The molecule has 1 aromatic carbocycles. The number of ether oxygens (including phenoxy) is 1. The molecular weight excluding hydrogens is 258 g/mol. The number of hydrogen-bond donors (Lipinski definition) is 1. The molecule has 0 bridgehead atoms. The standard InChI is InChI=1S/C15H23NO2S/c1-4-6-11-19-12(3)15(17)16-13-9-7-8-10-14(13)18-5-2/h7-10,12H,4-6,11H2,1-3H3,(H,16,17). The van der Waals surface area contributed by atoms with Crippen LogP contribution in [0.2, 0.25) is 0 Å². The van der Waals surface area contributed by atoms with Crippen LogP contribution in [-0.2, 0) is 4.79 Å². The van der Waals surface area contributed by atoms with Gasteiger partial charge in [0.2, 0.25) is 5.91 Å². The number of thioether (sulfide) groups is 1. The van der Waals surface area contributed by atoms with Gasteiger partial charge in [0.05, 0.1) is 17.5 Å². The van der Waals surface area contributed by atoms with E-state index in [0.717, 1.165) is 30.0 Å². The molecule has 4 heteroatoms. The third-order valence-electron chi connectivity index (χ3n) is 2.68. The average molecular weight is 281 g/mol. The summed E-state index contributed by atoms with van der Waals surface area (Å²) in [5.74, 6) is 1.79. The second kappa shape index (κ2) is 8.86. The molecule has 1 amide bonds. The molecule has 0 radical (unpaired) electrons. The number of rotatable bonds is 8. The van der Waals surface area contributed by atoms with Gasteiger partial charge in [-0.05, 0) is 38.2 Å². The van der Waals surface area contributed by atoms with Gasteiger partial charge in [0.1, 0.15) is 5.75 Å². The van der Waals surface area contributed by atoms with Crippen molar-refractivity contribution >= 4 is 23.4 Å². The SMILES string of the molecule is CCCCSC(C)C(=O)Nc1ccccc1OCC. The normalized spacial score (nSPS) is 11.9. The second-order valence-electron chi connectivity index (χ2n) is 4.28. The van der Waals surface area contributed by atoms with Crippen LogP contribution in [0.15, 0.2) is 24.3 Å². The Morgan fingerprint density at radius 2 is 2.11 bits per heavy atom. The number of amides is 1. The Morgan fingerprint density at radius 3 is 2.79 bits per heavy atom. The number of benzene rings is 1. The topological polar surface area (TPSA) is 38.3 Å². The van der Waals surface area contributed by atoms with Crippen molar-refractivity contribution in [2.45, 2.75) is 38.9 Å². The summed E-state index contributed by atoms with van der Waals surface area (Å²) in [4.78, 5) is 12.1. The summed E-state index contributed by atoms with van der Waals surface area (Å²) in [5.41, 5.74) is 0.747. The van der Waals surface area contributed by atoms with E-state index in [9.17, 15) is 4.79 Å². The van der Waals surface area contributed by atoms with E-state index in [1.54, 1.807) is 11.8 Å². The lowest BCUT2D eigenvalue weighted by Gasteiger charge is -2.14. The predicted octanol–water partition coefficient (Wildman–Crippen LogP) is 3.95. The molecule has 0 heterocycles. The van der Waals surface area contributed by atoms with Crippen LogP contribution in [0, 0.1) is 0 Å². The molecule has 1 atom stereocenters. The van der Waals surface area contributed by atoms with Crippen molar-refractivity contribution in [3.63, 3.8) is 0 Å². The molecule has 1 rings (SSSR count). The fourth-order valence-corrected chi connectivity index (χ4v) is 2.58. The van der Waals surface area contributed by atoms with E-state index in [0.29, 0.717) is 6.61 Å². The molecule has 0 fully saturated rings. The lowest BCUT2D eigenvalue weighted by Crippen LogP contribution is -2.23. The van der Waals surface area contributed by atoms with Crippen LogP contribution in [0.3, 0.4) is 0 Å². The third kappa shape index (κ3) is 5.55. The van der Waals surface area contributed by atoms with Gasteiger partial charge in [-0.25, -0.2) is 0 Å². The van der Waals surface area contributed by atoms with Gasteiger partial charge < -0.3 is 10.1 Å². The molecule has 1 aromatic rings. The van der Waals surface area contributed by atoms with Crippen molar-refractivity contribution in [1.29, 1.82) is 0 Å². The molecule has 0 aliphatic carbocycles. The smallest absolute Gasteiger partial charge is 0.237 e. The lowest BCUT2D eigenvalue weighted by molar-refractivity contribution is -0.115. The van der Waals surface area contributed by atoms with E-state index in [4.69, 9.17) is 4.74 Å². The first-order chi connectivity index (χ1) is 9.19. The van der Waals surface area contributed by atoms with Gasteiger partial charge in [0.15, 0.2) is 0 Å². The van der Waals surface area contributed by atoms with E-state index in [1.807, 2.05) is 38.1 Å². The fourth-order valence-electron chi connectivity index (χ4n) is 1.57. The summed E-state index contributed by atoms with van der Waals surface area (Å²) in [6, 6.07) is 7.54. The van der Waals surface area contributed by atoms with Gasteiger partial charge in [0, 0.05) is 0 Å². The minimum Gasteiger partial charge on any atom is -0.492 e. The van der Waals surface area contributed by atoms with E-state index in [-0.39, 0.29) is 11.2 Å². The van der Waals surface area contributed by atoms with Crippen molar-refractivity contribution in [3.05, 3.63) is 24.3 Å². The molecule has 0 saturated heterocycles. The molecule has 0 spiro atoms.